The number of anilines is 1. The van der Waals surface area contributed by atoms with Gasteiger partial charge in [-0.15, -0.1) is 0 Å². The van der Waals surface area contributed by atoms with Crippen molar-refractivity contribution >= 4 is 11.6 Å². The van der Waals surface area contributed by atoms with E-state index in [4.69, 9.17) is 0 Å². The van der Waals surface area contributed by atoms with Crippen LogP contribution in [0.4, 0.5) is 5.69 Å². The molecule has 0 unspecified atom stereocenters. The summed E-state index contributed by atoms with van der Waals surface area (Å²) >= 11 is 0. The summed E-state index contributed by atoms with van der Waals surface area (Å²) < 4.78 is 0. The van der Waals surface area contributed by atoms with Gasteiger partial charge in [0.05, 0.1) is 6.07 Å². The Morgan fingerprint density at radius 3 is 2.37 bits per heavy atom. The van der Waals surface area contributed by atoms with Crippen molar-refractivity contribution in [1.82, 2.24) is 0 Å². The monoisotopic (exact) mass is 258 g/mol. The number of amides is 1. The summed E-state index contributed by atoms with van der Waals surface area (Å²) in [5.41, 5.74) is 1.08. The third kappa shape index (κ3) is 2.96. The Hall–Kier alpha value is -1.82. The molecule has 0 saturated carbocycles. The SMILES string of the molecule is CCN(C(=O)C(C#N)(CC)CC)c1cccc(C)c1. The highest BCUT2D eigenvalue weighted by atomic mass is 16.2. The number of hydrogen-bond acceptors (Lipinski definition) is 2. The van der Waals surface area contributed by atoms with Gasteiger partial charge < -0.3 is 4.90 Å². The number of hydrogen-bond donors (Lipinski definition) is 0. The molecule has 0 aromatic heterocycles. The first kappa shape index (κ1) is 15.2. The Morgan fingerprint density at radius 2 is 1.95 bits per heavy atom. The first-order valence-corrected chi connectivity index (χ1v) is 6.84. The molecule has 19 heavy (non-hydrogen) atoms. The number of carbonyl (C=O) groups excluding carboxylic acids is 1. The van der Waals surface area contributed by atoms with Gasteiger partial charge in [-0.1, -0.05) is 26.0 Å². The van der Waals surface area contributed by atoms with E-state index in [2.05, 4.69) is 6.07 Å². The van der Waals surface area contributed by atoms with Gasteiger partial charge in [-0.05, 0) is 44.4 Å². The zero-order valence-electron chi connectivity index (χ0n) is 12.2. The molecule has 0 bridgehead atoms. The lowest BCUT2D eigenvalue weighted by Crippen LogP contribution is -2.43. The fourth-order valence-electron chi connectivity index (χ4n) is 2.26. The van der Waals surface area contributed by atoms with Crippen LogP contribution in [0.25, 0.3) is 0 Å². The molecule has 0 fully saturated rings. The van der Waals surface area contributed by atoms with Crippen LogP contribution in [-0.2, 0) is 4.79 Å². The standard InChI is InChI=1S/C16H22N2O/c1-5-16(6-2,12-17)15(19)18(7-3)14-10-8-9-13(4)11-14/h8-11H,5-7H2,1-4H3. The summed E-state index contributed by atoms with van der Waals surface area (Å²) in [5.74, 6) is -0.0897. The first-order valence-electron chi connectivity index (χ1n) is 6.84. The largest absolute Gasteiger partial charge is 0.311 e. The minimum Gasteiger partial charge on any atom is -0.311 e. The minimum absolute atomic E-state index is 0.0897. The third-order valence-corrected chi connectivity index (χ3v) is 3.71. The molecule has 3 heteroatoms. The lowest BCUT2D eigenvalue weighted by atomic mass is 9.82. The van der Waals surface area contributed by atoms with Gasteiger partial charge in [-0.25, -0.2) is 0 Å². The average molecular weight is 258 g/mol. The van der Waals surface area contributed by atoms with Gasteiger partial charge in [0.15, 0.2) is 0 Å². The third-order valence-electron chi connectivity index (χ3n) is 3.71. The fraction of sp³-hybridized carbons (Fsp3) is 0.500. The van der Waals surface area contributed by atoms with Crippen LogP contribution in [0.2, 0.25) is 0 Å². The first-order chi connectivity index (χ1) is 9.04. The van der Waals surface area contributed by atoms with E-state index in [0.717, 1.165) is 11.3 Å². The van der Waals surface area contributed by atoms with Crippen LogP contribution < -0.4 is 4.90 Å². The second-order valence-electron chi connectivity index (χ2n) is 4.79. The lowest BCUT2D eigenvalue weighted by molar-refractivity contribution is -0.125. The van der Waals surface area contributed by atoms with E-state index in [1.807, 2.05) is 52.0 Å². The Balaban J connectivity index is 3.17. The summed E-state index contributed by atoms with van der Waals surface area (Å²) in [6.45, 7) is 8.31. The van der Waals surface area contributed by atoms with Gasteiger partial charge in [0.1, 0.15) is 5.41 Å². The van der Waals surface area contributed by atoms with Crippen LogP contribution >= 0.6 is 0 Å². The normalized spacial score (nSPS) is 10.9. The van der Waals surface area contributed by atoms with Crippen LogP contribution in [0.3, 0.4) is 0 Å². The van der Waals surface area contributed by atoms with Crippen LogP contribution in [0, 0.1) is 23.7 Å². The van der Waals surface area contributed by atoms with Crippen molar-refractivity contribution in [3.8, 4) is 6.07 Å². The number of carbonyl (C=O) groups is 1. The summed E-state index contributed by atoms with van der Waals surface area (Å²) in [6, 6.07) is 10.1. The predicted octanol–water partition coefficient (Wildman–Crippen LogP) is 3.68. The molecule has 1 aromatic rings. The Bertz CT molecular complexity index is 484. The molecule has 1 amide bonds. The molecule has 0 aliphatic rings. The second kappa shape index (κ2) is 6.38. The summed E-state index contributed by atoms with van der Waals surface area (Å²) in [4.78, 5) is 14.4. The van der Waals surface area contributed by atoms with Crippen molar-refractivity contribution < 1.29 is 4.79 Å². The van der Waals surface area contributed by atoms with E-state index in [-0.39, 0.29) is 5.91 Å². The number of aryl methyl sites for hydroxylation is 1. The Labute approximate surface area is 115 Å². The maximum atomic E-state index is 12.7. The highest BCUT2D eigenvalue weighted by molar-refractivity contribution is 5.99. The Morgan fingerprint density at radius 1 is 1.32 bits per heavy atom. The highest BCUT2D eigenvalue weighted by Crippen LogP contribution is 2.30. The topological polar surface area (TPSA) is 44.1 Å². The zero-order chi connectivity index (χ0) is 14.5. The molecule has 0 spiro atoms. The smallest absolute Gasteiger partial charge is 0.247 e. The maximum absolute atomic E-state index is 12.7. The molecular formula is C16H22N2O. The van der Waals surface area contributed by atoms with E-state index in [1.54, 1.807) is 4.90 Å². The molecule has 0 N–H and O–H groups in total. The average Bonchev–Trinajstić information content (AvgIpc) is 2.42. The van der Waals surface area contributed by atoms with E-state index in [0.29, 0.717) is 19.4 Å². The molecular weight excluding hydrogens is 236 g/mol. The maximum Gasteiger partial charge on any atom is 0.247 e. The van der Waals surface area contributed by atoms with Gasteiger partial charge in [-0.3, -0.25) is 4.79 Å². The van der Waals surface area contributed by atoms with Crippen LogP contribution in [0.5, 0.6) is 0 Å². The minimum atomic E-state index is -0.903. The van der Waals surface area contributed by atoms with Gasteiger partial charge in [0.2, 0.25) is 5.91 Å². The van der Waals surface area contributed by atoms with Gasteiger partial charge in [0, 0.05) is 12.2 Å². The molecule has 1 aromatic carbocycles. The number of rotatable bonds is 5. The van der Waals surface area contributed by atoms with Crippen molar-refractivity contribution in [2.45, 2.75) is 40.5 Å². The quantitative estimate of drug-likeness (QED) is 0.808. The number of nitriles is 1. The predicted molar refractivity (Wildman–Crippen MR) is 77.8 cm³/mol. The van der Waals surface area contributed by atoms with E-state index >= 15 is 0 Å². The zero-order valence-corrected chi connectivity index (χ0v) is 12.2. The van der Waals surface area contributed by atoms with Crippen LogP contribution in [0.15, 0.2) is 24.3 Å². The molecule has 102 valence electrons. The van der Waals surface area contributed by atoms with E-state index in [9.17, 15) is 10.1 Å². The van der Waals surface area contributed by atoms with E-state index < -0.39 is 5.41 Å². The second-order valence-corrected chi connectivity index (χ2v) is 4.79. The molecule has 0 radical (unpaired) electrons. The van der Waals surface area contributed by atoms with E-state index in [1.165, 1.54) is 0 Å². The van der Waals surface area contributed by atoms with Crippen molar-refractivity contribution in [3.05, 3.63) is 29.8 Å². The van der Waals surface area contributed by atoms with Gasteiger partial charge >= 0.3 is 0 Å². The van der Waals surface area contributed by atoms with Crippen molar-refractivity contribution in [1.29, 1.82) is 5.26 Å². The van der Waals surface area contributed by atoms with Gasteiger partial charge in [0.25, 0.3) is 0 Å². The van der Waals surface area contributed by atoms with Crippen molar-refractivity contribution in [3.63, 3.8) is 0 Å². The highest BCUT2D eigenvalue weighted by Gasteiger charge is 2.38. The van der Waals surface area contributed by atoms with Crippen LogP contribution in [0.1, 0.15) is 39.2 Å². The van der Waals surface area contributed by atoms with Gasteiger partial charge in [-0.2, -0.15) is 5.26 Å². The molecule has 3 nitrogen and oxygen atoms in total. The summed E-state index contributed by atoms with van der Waals surface area (Å²) in [7, 11) is 0. The fourth-order valence-corrected chi connectivity index (χ4v) is 2.26. The molecule has 0 aliphatic heterocycles. The van der Waals surface area contributed by atoms with Crippen molar-refractivity contribution in [2.75, 3.05) is 11.4 Å². The van der Waals surface area contributed by atoms with Crippen molar-refractivity contribution in [2.24, 2.45) is 5.41 Å². The number of benzene rings is 1. The number of nitrogens with zero attached hydrogens (tertiary/aromatic N) is 2. The lowest BCUT2D eigenvalue weighted by Gasteiger charge is -2.30. The summed E-state index contributed by atoms with van der Waals surface area (Å²) in [6.07, 6.45) is 1.09. The summed E-state index contributed by atoms with van der Waals surface area (Å²) in [5, 5.41) is 9.40. The molecule has 0 atom stereocenters. The van der Waals surface area contributed by atoms with Crippen LogP contribution in [-0.4, -0.2) is 12.5 Å². The molecule has 1 rings (SSSR count). The molecule has 0 saturated heterocycles. The molecule has 0 aliphatic carbocycles. The molecule has 0 heterocycles. The Kier molecular flexibility index (Phi) is 5.11.